The van der Waals surface area contributed by atoms with Gasteiger partial charge in [-0.2, -0.15) is 0 Å². The number of hydrogen-bond acceptors (Lipinski definition) is 4. The van der Waals surface area contributed by atoms with Crippen molar-refractivity contribution < 1.29 is 4.74 Å². The molecule has 1 aromatic heterocycles. The number of nitrogens with zero attached hydrogens (tertiary/aromatic N) is 1. The fraction of sp³-hybridized carbons (Fsp3) is 0.615. The first-order chi connectivity index (χ1) is 8.19. The molecule has 1 rings (SSSR count). The number of likely N-dealkylation sites (N-methyl/N-ethyl adjacent to an activating group) is 1. The molecule has 0 aliphatic rings. The lowest BCUT2D eigenvalue weighted by Gasteiger charge is -2.20. The molecule has 96 valence electrons. The Bertz CT molecular complexity index is 341. The molecule has 0 aromatic carbocycles. The van der Waals surface area contributed by atoms with Gasteiger partial charge in [-0.3, -0.25) is 0 Å². The van der Waals surface area contributed by atoms with E-state index in [2.05, 4.69) is 30.2 Å². The lowest BCUT2D eigenvalue weighted by atomic mass is 10.1. The Kier molecular flexibility index (Phi) is 5.94. The first kappa shape index (κ1) is 13.9. The molecule has 1 unspecified atom stereocenters. The van der Waals surface area contributed by atoms with E-state index in [4.69, 9.17) is 10.5 Å². The normalized spacial score (nSPS) is 12.6. The summed E-state index contributed by atoms with van der Waals surface area (Å²) in [6.45, 7) is 8.49. The largest absolute Gasteiger partial charge is 0.383 e. The van der Waals surface area contributed by atoms with Crippen molar-refractivity contribution in [2.75, 3.05) is 25.5 Å². The summed E-state index contributed by atoms with van der Waals surface area (Å²) in [6, 6.07) is 2.20. The number of nitrogens with two attached hydrogens (primary N) is 1. The van der Waals surface area contributed by atoms with E-state index >= 15 is 0 Å². The first-order valence-corrected chi connectivity index (χ1v) is 6.22. The maximum absolute atomic E-state index is 5.92. The lowest BCUT2D eigenvalue weighted by molar-refractivity contribution is 0.112. The maximum atomic E-state index is 5.92. The third-order valence-corrected chi connectivity index (χ3v) is 2.55. The number of anilines is 1. The third-order valence-electron chi connectivity index (χ3n) is 2.55. The van der Waals surface area contributed by atoms with E-state index in [0.717, 1.165) is 30.7 Å². The Morgan fingerprint density at radius 1 is 1.47 bits per heavy atom. The fourth-order valence-electron chi connectivity index (χ4n) is 1.73. The van der Waals surface area contributed by atoms with Crippen molar-refractivity contribution in [1.29, 1.82) is 0 Å². The summed E-state index contributed by atoms with van der Waals surface area (Å²) in [6.07, 6.45) is 2.81. The summed E-state index contributed by atoms with van der Waals surface area (Å²) in [4.78, 5) is 4.19. The van der Waals surface area contributed by atoms with Crippen molar-refractivity contribution in [3.63, 3.8) is 0 Å². The van der Waals surface area contributed by atoms with Gasteiger partial charge in [-0.05, 0) is 31.5 Å². The molecule has 1 heterocycles. The van der Waals surface area contributed by atoms with Crippen LogP contribution < -0.4 is 11.1 Å². The molecule has 3 N–H and O–H groups in total. The van der Waals surface area contributed by atoms with Crippen molar-refractivity contribution in [3.05, 3.63) is 23.4 Å². The minimum absolute atomic E-state index is 0.124. The highest BCUT2D eigenvalue weighted by molar-refractivity contribution is 5.43. The summed E-state index contributed by atoms with van der Waals surface area (Å²) in [5, 5.41) is 3.38. The molecule has 0 bridgehead atoms. The second-order valence-electron chi connectivity index (χ2n) is 4.17. The van der Waals surface area contributed by atoms with Crippen LogP contribution in [0.1, 0.15) is 37.4 Å². The Hall–Kier alpha value is -1.13. The van der Waals surface area contributed by atoms with Crippen molar-refractivity contribution >= 4 is 5.82 Å². The molecule has 0 fully saturated rings. The van der Waals surface area contributed by atoms with Crippen LogP contribution in [0.15, 0.2) is 12.3 Å². The molecule has 1 aromatic rings. The van der Waals surface area contributed by atoms with Crippen LogP contribution in [-0.4, -0.2) is 24.7 Å². The van der Waals surface area contributed by atoms with E-state index in [-0.39, 0.29) is 6.04 Å². The number of nitrogen functional groups attached to an aromatic ring is 1. The van der Waals surface area contributed by atoms with Gasteiger partial charge in [-0.1, -0.05) is 13.8 Å². The van der Waals surface area contributed by atoms with Crippen molar-refractivity contribution in [2.45, 2.75) is 33.2 Å². The van der Waals surface area contributed by atoms with Crippen molar-refractivity contribution in [1.82, 2.24) is 10.3 Å². The number of aromatic nitrogens is 1. The highest BCUT2D eigenvalue weighted by Crippen LogP contribution is 2.20. The second-order valence-corrected chi connectivity index (χ2v) is 4.17. The molecule has 0 saturated heterocycles. The second kappa shape index (κ2) is 7.25. The van der Waals surface area contributed by atoms with Crippen LogP contribution in [0.3, 0.4) is 0 Å². The average molecular weight is 237 g/mol. The monoisotopic (exact) mass is 237 g/mol. The van der Waals surface area contributed by atoms with E-state index in [9.17, 15) is 0 Å². The molecule has 0 spiro atoms. The van der Waals surface area contributed by atoms with Crippen LogP contribution in [0.25, 0.3) is 0 Å². The van der Waals surface area contributed by atoms with Crippen LogP contribution in [0.2, 0.25) is 0 Å². The molecule has 17 heavy (non-hydrogen) atoms. The Labute approximate surface area is 104 Å². The van der Waals surface area contributed by atoms with E-state index in [1.165, 1.54) is 0 Å². The summed E-state index contributed by atoms with van der Waals surface area (Å²) in [7, 11) is 0. The molecule has 0 aliphatic heterocycles. The van der Waals surface area contributed by atoms with Crippen molar-refractivity contribution in [3.8, 4) is 0 Å². The molecule has 0 saturated carbocycles. The zero-order valence-electron chi connectivity index (χ0n) is 11.0. The quantitative estimate of drug-likeness (QED) is 0.713. The number of ether oxygens (including phenoxy) is 1. The molecule has 1 atom stereocenters. The molecule has 4 nitrogen and oxygen atoms in total. The summed E-state index contributed by atoms with van der Waals surface area (Å²) >= 11 is 0. The van der Waals surface area contributed by atoms with E-state index in [0.29, 0.717) is 12.4 Å². The first-order valence-electron chi connectivity index (χ1n) is 6.22. The smallest absolute Gasteiger partial charge is 0.128 e. The summed E-state index contributed by atoms with van der Waals surface area (Å²) in [5.41, 5.74) is 8.07. The van der Waals surface area contributed by atoms with Gasteiger partial charge in [-0.15, -0.1) is 0 Å². The van der Waals surface area contributed by atoms with Crippen LogP contribution in [0.5, 0.6) is 0 Å². The Morgan fingerprint density at radius 3 is 2.88 bits per heavy atom. The van der Waals surface area contributed by atoms with Crippen LogP contribution >= 0.6 is 0 Å². The number of nitrogens with one attached hydrogen (secondary N) is 1. The van der Waals surface area contributed by atoms with Gasteiger partial charge in [0.1, 0.15) is 5.82 Å². The molecular formula is C13H23N3O. The van der Waals surface area contributed by atoms with Gasteiger partial charge in [-0.25, -0.2) is 4.98 Å². The molecule has 4 heteroatoms. The van der Waals surface area contributed by atoms with E-state index in [1.807, 2.05) is 6.92 Å². The van der Waals surface area contributed by atoms with Crippen LogP contribution in [0.4, 0.5) is 5.82 Å². The third kappa shape index (κ3) is 4.32. The minimum Gasteiger partial charge on any atom is -0.383 e. The van der Waals surface area contributed by atoms with Crippen LogP contribution in [-0.2, 0) is 4.74 Å². The van der Waals surface area contributed by atoms with Gasteiger partial charge >= 0.3 is 0 Å². The lowest BCUT2D eigenvalue weighted by Crippen LogP contribution is -2.26. The number of pyridine rings is 1. The highest BCUT2D eigenvalue weighted by Gasteiger charge is 2.14. The van der Waals surface area contributed by atoms with Crippen LogP contribution in [0, 0.1) is 6.92 Å². The van der Waals surface area contributed by atoms with Gasteiger partial charge in [0.15, 0.2) is 0 Å². The maximum Gasteiger partial charge on any atom is 0.128 e. The predicted molar refractivity (Wildman–Crippen MR) is 70.9 cm³/mol. The fourth-order valence-corrected chi connectivity index (χ4v) is 1.73. The molecular weight excluding hydrogens is 214 g/mol. The number of rotatable bonds is 7. The number of aryl methyl sites for hydroxylation is 1. The van der Waals surface area contributed by atoms with Gasteiger partial charge in [0.25, 0.3) is 0 Å². The van der Waals surface area contributed by atoms with Gasteiger partial charge < -0.3 is 15.8 Å². The zero-order chi connectivity index (χ0) is 12.7. The molecule has 0 amide bonds. The van der Waals surface area contributed by atoms with E-state index < -0.39 is 0 Å². The van der Waals surface area contributed by atoms with Gasteiger partial charge in [0.05, 0.1) is 12.6 Å². The Balaban J connectivity index is 2.77. The predicted octanol–water partition coefficient (Wildman–Crippen LogP) is 2.05. The zero-order valence-corrected chi connectivity index (χ0v) is 11.0. The highest BCUT2D eigenvalue weighted by atomic mass is 16.5. The summed E-state index contributed by atoms with van der Waals surface area (Å²) in [5.74, 6) is 0.585. The van der Waals surface area contributed by atoms with Gasteiger partial charge in [0, 0.05) is 18.4 Å². The summed E-state index contributed by atoms with van der Waals surface area (Å²) < 4.78 is 5.60. The Morgan fingerprint density at radius 2 is 2.24 bits per heavy atom. The topological polar surface area (TPSA) is 60.2 Å². The SMILES string of the molecule is CCCOCC(NCC)c1cc(C)cnc1N. The minimum atomic E-state index is 0.124. The van der Waals surface area contributed by atoms with E-state index in [1.54, 1.807) is 6.20 Å². The standard InChI is InChI=1S/C13H23N3O/c1-4-6-17-9-12(15-5-2)11-7-10(3)8-16-13(11)14/h7-8,12,15H,4-6,9H2,1-3H3,(H2,14,16). The number of hydrogen-bond donors (Lipinski definition) is 2. The van der Waals surface area contributed by atoms with Crippen molar-refractivity contribution in [2.24, 2.45) is 0 Å². The molecule has 0 aliphatic carbocycles. The van der Waals surface area contributed by atoms with Gasteiger partial charge in [0.2, 0.25) is 0 Å². The average Bonchev–Trinajstić information content (AvgIpc) is 2.32. The molecule has 0 radical (unpaired) electrons.